The van der Waals surface area contributed by atoms with E-state index in [9.17, 15) is 5.11 Å². The lowest BCUT2D eigenvalue weighted by atomic mass is 9.87. The molecule has 0 bridgehead atoms. The highest BCUT2D eigenvalue weighted by molar-refractivity contribution is 9.10. The molecule has 1 aliphatic rings. The molecule has 2 heterocycles. The summed E-state index contributed by atoms with van der Waals surface area (Å²) in [6, 6.07) is 0. The predicted molar refractivity (Wildman–Crippen MR) is 70.1 cm³/mol. The van der Waals surface area contributed by atoms with Gasteiger partial charge in [-0.3, -0.25) is 0 Å². The summed E-state index contributed by atoms with van der Waals surface area (Å²) in [5.41, 5.74) is 6.54. The SMILES string of the molecule is Nc1ncnn2c(C3CCCC(O)C3)nc(Br)c12. The van der Waals surface area contributed by atoms with Gasteiger partial charge in [-0.25, -0.2) is 14.5 Å². The van der Waals surface area contributed by atoms with Crippen LogP contribution in [-0.4, -0.2) is 30.8 Å². The maximum atomic E-state index is 9.77. The first-order valence-corrected chi connectivity index (χ1v) is 6.78. The van der Waals surface area contributed by atoms with Crippen molar-refractivity contribution in [3.05, 3.63) is 16.8 Å². The first-order valence-electron chi connectivity index (χ1n) is 5.99. The number of aliphatic hydroxyl groups excluding tert-OH is 1. The molecule has 2 aromatic heterocycles. The van der Waals surface area contributed by atoms with Crippen LogP contribution in [0.15, 0.2) is 10.9 Å². The quantitative estimate of drug-likeness (QED) is 0.832. The third-order valence-electron chi connectivity index (χ3n) is 3.46. The van der Waals surface area contributed by atoms with E-state index < -0.39 is 0 Å². The number of imidazole rings is 1. The van der Waals surface area contributed by atoms with Gasteiger partial charge in [-0.1, -0.05) is 6.42 Å². The number of nitrogens with two attached hydrogens (primary N) is 1. The lowest BCUT2D eigenvalue weighted by Gasteiger charge is -2.24. The van der Waals surface area contributed by atoms with Crippen LogP contribution >= 0.6 is 15.9 Å². The molecule has 96 valence electrons. The number of halogens is 1. The fourth-order valence-electron chi connectivity index (χ4n) is 2.60. The minimum absolute atomic E-state index is 0.224. The van der Waals surface area contributed by atoms with Gasteiger partial charge in [-0.2, -0.15) is 5.10 Å². The summed E-state index contributed by atoms with van der Waals surface area (Å²) in [5.74, 6) is 1.48. The van der Waals surface area contributed by atoms with E-state index in [1.54, 1.807) is 4.52 Å². The lowest BCUT2D eigenvalue weighted by Crippen LogP contribution is -2.20. The molecule has 0 spiro atoms. The van der Waals surface area contributed by atoms with E-state index in [1.807, 2.05) is 0 Å². The van der Waals surface area contributed by atoms with Crippen molar-refractivity contribution in [3.8, 4) is 0 Å². The van der Waals surface area contributed by atoms with E-state index in [0.29, 0.717) is 15.9 Å². The third-order valence-corrected chi connectivity index (χ3v) is 4.01. The Morgan fingerprint density at radius 1 is 1.44 bits per heavy atom. The molecule has 0 aromatic carbocycles. The average Bonchev–Trinajstić information content (AvgIpc) is 2.68. The molecule has 2 unspecified atom stereocenters. The van der Waals surface area contributed by atoms with Crippen LogP contribution in [-0.2, 0) is 0 Å². The zero-order valence-corrected chi connectivity index (χ0v) is 11.3. The number of aliphatic hydroxyl groups is 1. The summed E-state index contributed by atoms with van der Waals surface area (Å²) in [5, 5.41) is 14.0. The number of nitrogen functional groups attached to an aromatic ring is 1. The van der Waals surface area contributed by atoms with Crippen LogP contribution in [0.25, 0.3) is 5.52 Å². The highest BCUT2D eigenvalue weighted by Crippen LogP contribution is 2.34. The second kappa shape index (κ2) is 4.47. The normalized spacial score (nSPS) is 24.6. The van der Waals surface area contributed by atoms with Crippen LogP contribution in [0.2, 0.25) is 0 Å². The Balaban J connectivity index is 2.09. The average molecular weight is 312 g/mol. The van der Waals surface area contributed by atoms with E-state index in [2.05, 4.69) is 31.0 Å². The van der Waals surface area contributed by atoms with Crippen molar-refractivity contribution in [2.75, 3.05) is 5.73 Å². The summed E-state index contributed by atoms with van der Waals surface area (Å²) in [4.78, 5) is 8.46. The number of fused-ring (bicyclic) bond motifs is 1. The van der Waals surface area contributed by atoms with Crippen LogP contribution in [0, 0.1) is 0 Å². The molecule has 3 rings (SSSR count). The Bertz CT molecular complexity index is 584. The number of aromatic nitrogens is 4. The van der Waals surface area contributed by atoms with E-state index in [4.69, 9.17) is 5.73 Å². The Hall–Kier alpha value is -1.21. The molecule has 2 atom stereocenters. The zero-order chi connectivity index (χ0) is 12.7. The number of anilines is 1. The Morgan fingerprint density at radius 2 is 2.28 bits per heavy atom. The van der Waals surface area contributed by atoms with Crippen LogP contribution in [0.3, 0.4) is 0 Å². The van der Waals surface area contributed by atoms with Gasteiger partial charge in [0.05, 0.1) is 6.10 Å². The standard InChI is InChI=1S/C11H14BrN5O/c12-9-8-10(13)14-5-15-17(8)11(16-9)6-2-1-3-7(18)4-6/h5-7,18H,1-4H2,(H2,13,14,15). The molecule has 3 N–H and O–H groups in total. The van der Waals surface area contributed by atoms with Crippen molar-refractivity contribution in [1.82, 2.24) is 19.6 Å². The molecule has 0 aliphatic heterocycles. The minimum Gasteiger partial charge on any atom is -0.393 e. The molecule has 0 saturated heterocycles. The van der Waals surface area contributed by atoms with Gasteiger partial charge >= 0.3 is 0 Å². The largest absolute Gasteiger partial charge is 0.393 e. The summed E-state index contributed by atoms with van der Waals surface area (Å²) in [6.45, 7) is 0. The fourth-order valence-corrected chi connectivity index (χ4v) is 3.15. The van der Waals surface area contributed by atoms with Crippen LogP contribution in [0.5, 0.6) is 0 Å². The number of rotatable bonds is 1. The topological polar surface area (TPSA) is 89.3 Å². The van der Waals surface area contributed by atoms with Crippen molar-refractivity contribution in [2.45, 2.75) is 37.7 Å². The third kappa shape index (κ3) is 1.87. The molecule has 18 heavy (non-hydrogen) atoms. The molecular weight excluding hydrogens is 298 g/mol. The second-order valence-corrected chi connectivity index (χ2v) is 5.43. The van der Waals surface area contributed by atoms with Crippen LogP contribution in [0.1, 0.15) is 37.4 Å². The lowest BCUT2D eigenvalue weighted by molar-refractivity contribution is 0.117. The molecule has 0 radical (unpaired) electrons. The van der Waals surface area contributed by atoms with Gasteiger partial charge in [0.2, 0.25) is 0 Å². The summed E-state index contributed by atoms with van der Waals surface area (Å²) in [6.07, 6.45) is 4.83. The molecule has 1 saturated carbocycles. The van der Waals surface area contributed by atoms with Crippen molar-refractivity contribution in [1.29, 1.82) is 0 Å². The number of nitrogens with zero attached hydrogens (tertiary/aromatic N) is 4. The van der Waals surface area contributed by atoms with Crippen molar-refractivity contribution in [3.63, 3.8) is 0 Å². The van der Waals surface area contributed by atoms with Crippen molar-refractivity contribution in [2.24, 2.45) is 0 Å². The molecule has 7 heteroatoms. The van der Waals surface area contributed by atoms with Crippen molar-refractivity contribution < 1.29 is 5.11 Å². The summed E-state index contributed by atoms with van der Waals surface area (Å²) >= 11 is 3.40. The van der Waals surface area contributed by atoms with E-state index in [-0.39, 0.29) is 12.0 Å². The van der Waals surface area contributed by atoms with Crippen molar-refractivity contribution >= 4 is 27.3 Å². The maximum Gasteiger partial charge on any atom is 0.154 e. The Morgan fingerprint density at radius 3 is 3.06 bits per heavy atom. The number of hydrogen-bond acceptors (Lipinski definition) is 5. The van der Waals surface area contributed by atoms with Gasteiger partial charge in [-0.05, 0) is 35.2 Å². The second-order valence-electron chi connectivity index (χ2n) is 4.68. The monoisotopic (exact) mass is 311 g/mol. The van der Waals surface area contributed by atoms with Gasteiger partial charge in [0.1, 0.15) is 22.3 Å². The maximum absolute atomic E-state index is 9.77. The fraction of sp³-hybridized carbons (Fsp3) is 0.545. The van der Waals surface area contributed by atoms with Gasteiger partial charge in [0, 0.05) is 5.92 Å². The van der Waals surface area contributed by atoms with Crippen LogP contribution in [0.4, 0.5) is 5.82 Å². The smallest absolute Gasteiger partial charge is 0.154 e. The highest BCUT2D eigenvalue weighted by atomic mass is 79.9. The van der Waals surface area contributed by atoms with E-state index >= 15 is 0 Å². The number of hydrogen-bond donors (Lipinski definition) is 2. The molecule has 6 nitrogen and oxygen atoms in total. The first-order chi connectivity index (χ1) is 8.66. The molecular formula is C11H14BrN5O. The van der Waals surface area contributed by atoms with E-state index in [0.717, 1.165) is 31.5 Å². The molecule has 1 aliphatic carbocycles. The predicted octanol–water partition coefficient (Wildman–Crippen LogP) is 1.49. The Labute approximate surface area is 112 Å². The van der Waals surface area contributed by atoms with E-state index in [1.165, 1.54) is 6.33 Å². The van der Waals surface area contributed by atoms with Gasteiger partial charge < -0.3 is 10.8 Å². The molecule has 1 fully saturated rings. The molecule has 2 aromatic rings. The summed E-state index contributed by atoms with van der Waals surface area (Å²) < 4.78 is 2.39. The van der Waals surface area contributed by atoms with Crippen LogP contribution < -0.4 is 5.73 Å². The minimum atomic E-state index is -0.242. The van der Waals surface area contributed by atoms with Gasteiger partial charge in [0.25, 0.3) is 0 Å². The van der Waals surface area contributed by atoms with Gasteiger partial charge in [-0.15, -0.1) is 0 Å². The highest BCUT2D eigenvalue weighted by Gasteiger charge is 2.27. The molecule has 0 amide bonds. The summed E-state index contributed by atoms with van der Waals surface area (Å²) in [7, 11) is 0. The zero-order valence-electron chi connectivity index (χ0n) is 9.75. The Kier molecular flexibility index (Phi) is 2.95. The van der Waals surface area contributed by atoms with Gasteiger partial charge in [0.15, 0.2) is 5.82 Å². The first kappa shape index (κ1) is 11.9.